The molecule has 0 saturated heterocycles. The summed E-state index contributed by atoms with van der Waals surface area (Å²) in [6.07, 6.45) is 1.79. The van der Waals surface area contributed by atoms with Crippen molar-refractivity contribution in [2.75, 3.05) is 27.8 Å². The topological polar surface area (TPSA) is 50.8 Å². The first-order valence-corrected chi connectivity index (χ1v) is 6.40. The molecule has 5 heteroatoms. The van der Waals surface area contributed by atoms with Crippen molar-refractivity contribution in [1.82, 2.24) is 10.2 Å². The Morgan fingerprint density at radius 3 is 2.95 bits per heavy atom. The van der Waals surface area contributed by atoms with Gasteiger partial charge in [-0.05, 0) is 25.0 Å². The molecule has 1 aliphatic heterocycles. The molecule has 1 unspecified atom stereocenters. The Morgan fingerprint density at radius 2 is 2.26 bits per heavy atom. The second-order valence-corrected chi connectivity index (χ2v) is 4.79. The highest BCUT2D eigenvalue weighted by molar-refractivity contribution is 5.74. The van der Waals surface area contributed by atoms with Crippen molar-refractivity contribution in [1.29, 1.82) is 0 Å². The summed E-state index contributed by atoms with van der Waals surface area (Å²) in [6.45, 7) is 0.661. The van der Waals surface area contributed by atoms with Crippen LogP contribution in [0.25, 0.3) is 0 Å². The molecule has 1 aliphatic rings. The number of amides is 2. The lowest BCUT2D eigenvalue weighted by atomic mass is 10.0. The van der Waals surface area contributed by atoms with Crippen LogP contribution in [0.5, 0.6) is 11.5 Å². The van der Waals surface area contributed by atoms with E-state index in [4.69, 9.17) is 9.47 Å². The molecule has 2 rings (SSSR count). The van der Waals surface area contributed by atoms with Crippen LogP contribution in [-0.4, -0.2) is 38.7 Å². The molecule has 5 nitrogen and oxygen atoms in total. The average Bonchev–Trinajstić information content (AvgIpc) is 2.60. The van der Waals surface area contributed by atoms with Crippen LogP contribution in [0.15, 0.2) is 18.2 Å². The molecule has 1 aromatic rings. The number of hydrogen-bond donors (Lipinski definition) is 1. The number of carbonyl (C=O) groups is 1. The molecule has 0 aliphatic carbocycles. The SMILES string of the molecule is COc1ccc2c(c1)OCCCC2NC(=O)N(C)C. The Hall–Kier alpha value is -1.91. The van der Waals surface area contributed by atoms with Crippen molar-refractivity contribution in [2.45, 2.75) is 18.9 Å². The van der Waals surface area contributed by atoms with E-state index in [9.17, 15) is 4.79 Å². The summed E-state index contributed by atoms with van der Waals surface area (Å²) in [7, 11) is 5.10. The van der Waals surface area contributed by atoms with Crippen LogP contribution in [0.4, 0.5) is 4.79 Å². The maximum absolute atomic E-state index is 11.8. The molecule has 0 radical (unpaired) electrons. The molecular weight excluding hydrogens is 244 g/mol. The summed E-state index contributed by atoms with van der Waals surface area (Å²) in [5.41, 5.74) is 1.01. The number of nitrogens with zero attached hydrogens (tertiary/aromatic N) is 1. The van der Waals surface area contributed by atoms with E-state index in [-0.39, 0.29) is 12.1 Å². The first kappa shape index (κ1) is 13.5. The zero-order valence-electron chi connectivity index (χ0n) is 11.6. The minimum Gasteiger partial charge on any atom is -0.497 e. The summed E-state index contributed by atoms with van der Waals surface area (Å²) in [4.78, 5) is 13.3. The van der Waals surface area contributed by atoms with Gasteiger partial charge in [0.1, 0.15) is 11.5 Å². The highest BCUT2D eigenvalue weighted by atomic mass is 16.5. The second kappa shape index (κ2) is 5.82. The van der Waals surface area contributed by atoms with Gasteiger partial charge in [-0.25, -0.2) is 4.79 Å². The van der Waals surface area contributed by atoms with Crippen molar-refractivity contribution in [3.8, 4) is 11.5 Å². The maximum Gasteiger partial charge on any atom is 0.317 e. The molecule has 104 valence electrons. The van der Waals surface area contributed by atoms with Gasteiger partial charge in [0.05, 0.1) is 19.8 Å². The minimum atomic E-state index is -0.0892. The Morgan fingerprint density at radius 1 is 1.47 bits per heavy atom. The molecule has 0 saturated carbocycles. The van der Waals surface area contributed by atoms with Crippen LogP contribution in [-0.2, 0) is 0 Å². The number of urea groups is 1. The van der Waals surface area contributed by atoms with Gasteiger partial charge in [0.15, 0.2) is 0 Å². The van der Waals surface area contributed by atoms with Crippen molar-refractivity contribution in [3.05, 3.63) is 23.8 Å². The summed E-state index contributed by atoms with van der Waals surface area (Å²) in [6, 6.07) is 5.62. The molecule has 2 amide bonds. The number of fused-ring (bicyclic) bond motifs is 1. The van der Waals surface area contributed by atoms with Gasteiger partial charge in [0.25, 0.3) is 0 Å². The van der Waals surface area contributed by atoms with E-state index in [1.54, 1.807) is 21.2 Å². The molecule has 0 spiro atoms. The monoisotopic (exact) mass is 264 g/mol. The molecule has 1 N–H and O–H groups in total. The summed E-state index contributed by atoms with van der Waals surface area (Å²) >= 11 is 0. The Labute approximate surface area is 113 Å². The third kappa shape index (κ3) is 3.10. The molecule has 1 aromatic carbocycles. The lowest BCUT2D eigenvalue weighted by Crippen LogP contribution is -2.37. The van der Waals surface area contributed by atoms with Crippen molar-refractivity contribution >= 4 is 6.03 Å². The van der Waals surface area contributed by atoms with Gasteiger partial charge >= 0.3 is 6.03 Å². The number of methoxy groups -OCH3 is 1. The van der Waals surface area contributed by atoms with Gasteiger partial charge in [-0.1, -0.05) is 0 Å². The third-order valence-electron chi connectivity index (χ3n) is 3.19. The number of nitrogens with one attached hydrogen (secondary N) is 1. The van der Waals surface area contributed by atoms with E-state index in [0.717, 1.165) is 29.9 Å². The van der Waals surface area contributed by atoms with Gasteiger partial charge in [0.2, 0.25) is 0 Å². The Bertz CT molecular complexity index is 460. The first-order chi connectivity index (χ1) is 9.11. The predicted molar refractivity (Wildman–Crippen MR) is 72.7 cm³/mol. The standard InChI is InChI=1S/C14H20N2O3/c1-16(2)14(17)15-12-5-4-8-19-13-9-10(18-3)6-7-11(12)13/h6-7,9,12H,4-5,8H2,1-3H3,(H,15,17). The smallest absolute Gasteiger partial charge is 0.317 e. The molecule has 1 heterocycles. The molecule has 19 heavy (non-hydrogen) atoms. The summed E-state index contributed by atoms with van der Waals surface area (Å²) in [5, 5.41) is 3.02. The van der Waals surface area contributed by atoms with Crippen molar-refractivity contribution in [2.24, 2.45) is 0 Å². The number of hydrogen-bond acceptors (Lipinski definition) is 3. The van der Waals surface area contributed by atoms with E-state index in [1.807, 2.05) is 18.2 Å². The quantitative estimate of drug-likeness (QED) is 0.890. The normalized spacial score (nSPS) is 17.7. The van der Waals surface area contributed by atoms with Crippen LogP contribution in [0.3, 0.4) is 0 Å². The summed E-state index contributed by atoms with van der Waals surface area (Å²) in [5.74, 6) is 1.55. The highest BCUT2D eigenvalue weighted by Crippen LogP contribution is 2.34. The predicted octanol–water partition coefficient (Wildman–Crippen LogP) is 2.18. The van der Waals surface area contributed by atoms with Crippen LogP contribution in [0.1, 0.15) is 24.4 Å². The molecule has 0 aromatic heterocycles. The number of rotatable bonds is 2. The fourth-order valence-electron chi connectivity index (χ4n) is 2.11. The molecular formula is C14H20N2O3. The lowest BCUT2D eigenvalue weighted by Gasteiger charge is -2.21. The Kier molecular flexibility index (Phi) is 4.14. The van der Waals surface area contributed by atoms with Gasteiger partial charge in [-0.15, -0.1) is 0 Å². The molecule has 1 atom stereocenters. The first-order valence-electron chi connectivity index (χ1n) is 6.40. The maximum atomic E-state index is 11.8. The molecule has 0 fully saturated rings. The average molecular weight is 264 g/mol. The fourth-order valence-corrected chi connectivity index (χ4v) is 2.11. The van der Waals surface area contributed by atoms with Crippen LogP contribution >= 0.6 is 0 Å². The third-order valence-corrected chi connectivity index (χ3v) is 3.19. The van der Waals surface area contributed by atoms with E-state index in [1.165, 1.54) is 4.90 Å². The largest absolute Gasteiger partial charge is 0.497 e. The number of ether oxygens (including phenoxy) is 2. The van der Waals surface area contributed by atoms with Gasteiger partial charge in [0, 0.05) is 25.7 Å². The van der Waals surface area contributed by atoms with Gasteiger partial charge in [-0.3, -0.25) is 0 Å². The van der Waals surface area contributed by atoms with Crippen LogP contribution in [0.2, 0.25) is 0 Å². The highest BCUT2D eigenvalue weighted by Gasteiger charge is 2.22. The van der Waals surface area contributed by atoms with E-state index in [2.05, 4.69) is 5.32 Å². The van der Waals surface area contributed by atoms with Gasteiger partial charge in [-0.2, -0.15) is 0 Å². The minimum absolute atomic E-state index is 0.0155. The fraction of sp³-hybridized carbons (Fsp3) is 0.500. The molecule has 0 bridgehead atoms. The second-order valence-electron chi connectivity index (χ2n) is 4.79. The van der Waals surface area contributed by atoms with Gasteiger partial charge < -0.3 is 19.7 Å². The van der Waals surface area contributed by atoms with Crippen LogP contribution < -0.4 is 14.8 Å². The van der Waals surface area contributed by atoms with E-state index in [0.29, 0.717) is 6.61 Å². The zero-order valence-corrected chi connectivity index (χ0v) is 11.6. The van der Waals surface area contributed by atoms with E-state index >= 15 is 0 Å². The Balaban J connectivity index is 2.25. The van der Waals surface area contributed by atoms with Crippen LogP contribution in [0, 0.1) is 0 Å². The lowest BCUT2D eigenvalue weighted by molar-refractivity contribution is 0.212. The van der Waals surface area contributed by atoms with Crippen molar-refractivity contribution in [3.63, 3.8) is 0 Å². The van der Waals surface area contributed by atoms with E-state index < -0.39 is 0 Å². The summed E-state index contributed by atoms with van der Waals surface area (Å²) < 4.78 is 10.9. The number of carbonyl (C=O) groups excluding carboxylic acids is 1. The zero-order chi connectivity index (χ0) is 13.8. The number of benzene rings is 1. The van der Waals surface area contributed by atoms with Crippen molar-refractivity contribution < 1.29 is 14.3 Å².